The second kappa shape index (κ2) is 14.8. The van der Waals surface area contributed by atoms with Gasteiger partial charge < -0.3 is 19.3 Å². The van der Waals surface area contributed by atoms with Gasteiger partial charge in [-0.15, -0.1) is 0 Å². The summed E-state index contributed by atoms with van der Waals surface area (Å²) in [7, 11) is 3.95. The van der Waals surface area contributed by atoms with E-state index >= 15 is 0 Å². The molecule has 0 heterocycles. The lowest BCUT2D eigenvalue weighted by Gasteiger charge is -2.20. The van der Waals surface area contributed by atoms with Crippen LogP contribution in [-0.4, -0.2) is 56.9 Å². The van der Waals surface area contributed by atoms with E-state index in [1.54, 1.807) is 19.3 Å². The summed E-state index contributed by atoms with van der Waals surface area (Å²) >= 11 is 0. The van der Waals surface area contributed by atoms with Gasteiger partial charge in [0.15, 0.2) is 11.7 Å². The molecule has 0 saturated carbocycles. The molecule has 0 aliphatic rings. The quantitative estimate of drug-likeness (QED) is 0.221. The van der Waals surface area contributed by atoms with Crippen LogP contribution in [-0.2, 0) is 28.6 Å². The van der Waals surface area contributed by atoms with Crippen molar-refractivity contribution in [2.45, 2.75) is 39.2 Å². The van der Waals surface area contributed by atoms with E-state index in [9.17, 15) is 14.4 Å². The molecular weight excluding hydrogens is 364 g/mol. The smallest absolute Gasteiger partial charge is 0.320 e. The maximum atomic E-state index is 12.2. The van der Waals surface area contributed by atoms with E-state index in [1.807, 2.05) is 26.0 Å². The summed E-state index contributed by atoms with van der Waals surface area (Å²) in [5.41, 5.74) is 0.830. The highest BCUT2D eigenvalue weighted by molar-refractivity contribution is 6.01. The van der Waals surface area contributed by atoms with E-state index in [2.05, 4.69) is 9.47 Å². The molecule has 0 unspecified atom stereocenters. The third-order valence-electron chi connectivity index (χ3n) is 4.26. The van der Waals surface area contributed by atoms with Crippen molar-refractivity contribution in [1.29, 1.82) is 0 Å². The largest absolute Gasteiger partial charge is 0.468 e. The number of hydrogen-bond acceptors (Lipinski definition) is 7. The van der Waals surface area contributed by atoms with Gasteiger partial charge in [-0.25, -0.2) is 0 Å². The molecule has 0 aromatic carbocycles. The second-order valence-electron chi connectivity index (χ2n) is 6.43. The maximum Gasteiger partial charge on any atom is 0.320 e. The van der Waals surface area contributed by atoms with Gasteiger partial charge in [-0.2, -0.15) is 0 Å². The molecule has 158 valence electrons. The Balaban J connectivity index is 4.78. The minimum absolute atomic E-state index is 0.00272. The van der Waals surface area contributed by atoms with E-state index in [0.717, 1.165) is 19.8 Å². The van der Waals surface area contributed by atoms with E-state index in [-0.39, 0.29) is 30.8 Å². The molecule has 0 amide bonds. The summed E-state index contributed by atoms with van der Waals surface area (Å²) < 4.78 is 14.6. The molecule has 0 aromatic heterocycles. The summed E-state index contributed by atoms with van der Waals surface area (Å²) in [6.45, 7) is 3.84. The molecular formula is C21H32O7. The number of rotatable bonds is 13. The Morgan fingerprint density at radius 1 is 1.04 bits per heavy atom. The number of hydrogen-bond donors (Lipinski definition) is 1. The van der Waals surface area contributed by atoms with Crippen molar-refractivity contribution in [2.24, 2.45) is 11.8 Å². The molecule has 0 rings (SSSR count). The Hall–Kier alpha value is -2.25. The van der Waals surface area contributed by atoms with Crippen LogP contribution in [0.25, 0.3) is 0 Å². The maximum absolute atomic E-state index is 12.2. The Morgan fingerprint density at radius 3 is 2.14 bits per heavy atom. The number of carbonyl (C=O) groups excluding carboxylic acids is 3. The van der Waals surface area contributed by atoms with E-state index < -0.39 is 17.9 Å². The van der Waals surface area contributed by atoms with Crippen molar-refractivity contribution >= 4 is 17.7 Å². The summed E-state index contributed by atoms with van der Waals surface area (Å²) in [5, 5.41) is 8.72. The van der Waals surface area contributed by atoms with Crippen molar-refractivity contribution in [3.8, 4) is 0 Å². The molecule has 0 aliphatic heterocycles. The van der Waals surface area contributed by atoms with Gasteiger partial charge >= 0.3 is 11.9 Å². The third-order valence-corrected chi connectivity index (χ3v) is 4.26. The van der Waals surface area contributed by atoms with Crippen LogP contribution in [0.3, 0.4) is 0 Å². The van der Waals surface area contributed by atoms with Crippen molar-refractivity contribution < 1.29 is 33.7 Å². The lowest BCUT2D eigenvalue weighted by Crippen LogP contribution is -2.28. The normalized spacial score (nSPS) is 14.5. The molecule has 7 nitrogen and oxygen atoms in total. The van der Waals surface area contributed by atoms with Crippen LogP contribution in [0.1, 0.15) is 33.1 Å². The molecule has 0 radical (unpaired) electrons. The van der Waals surface area contributed by atoms with Gasteiger partial charge in [0.25, 0.3) is 0 Å². The second-order valence-corrected chi connectivity index (χ2v) is 6.43. The molecule has 2 atom stereocenters. The molecule has 1 N–H and O–H groups in total. The van der Waals surface area contributed by atoms with Gasteiger partial charge in [-0.05, 0) is 25.8 Å². The molecule has 28 heavy (non-hydrogen) atoms. The molecule has 0 spiro atoms. The topological polar surface area (TPSA) is 99.1 Å². The monoisotopic (exact) mass is 396 g/mol. The van der Waals surface area contributed by atoms with Crippen LogP contribution in [0, 0.1) is 11.8 Å². The number of methoxy groups -OCH3 is 3. The van der Waals surface area contributed by atoms with Gasteiger partial charge in [0.1, 0.15) is 0 Å². The van der Waals surface area contributed by atoms with Crippen molar-refractivity contribution in [3.05, 3.63) is 36.0 Å². The first-order valence-corrected chi connectivity index (χ1v) is 9.13. The van der Waals surface area contributed by atoms with Gasteiger partial charge in [0, 0.05) is 19.4 Å². The fraction of sp³-hybridized carbons (Fsp3) is 0.571. The van der Waals surface area contributed by atoms with Crippen LogP contribution in [0.15, 0.2) is 36.0 Å². The van der Waals surface area contributed by atoms with Gasteiger partial charge in [0.05, 0.1) is 26.9 Å². The minimum Gasteiger partial charge on any atom is -0.468 e. The van der Waals surface area contributed by atoms with Crippen LogP contribution >= 0.6 is 0 Å². The highest BCUT2D eigenvalue weighted by Gasteiger charge is 2.30. The third kappa shape index (κ3) is 10.2. The number of esters is 2. The first-order valence-electron chi connectivity index (χ1n) is 9.13. The predicted octanol–water partition coefficient (Wildman–Crippen LogP) is 2.39. The average Bonchev–Trinajstić information content (AvgIpc) is 2.68. The lowest BCUT2D eigenvalue weighted by molar-refractivity contribution is -0.160. The summed E-state index contributed by atoms with van der Waals surface area (Å²) in [6.07, 6.45) is 9.72. The Bertz CT molecular complexity index is 574. The van der Waals surface area contributed by atoms with Crippen molar-refractivity contribution in [2.75, 3.05) is 27.9 Å². The fourth-order valence-corrected chi connectivity index (χ4v) is 2.62. The molecule has 0 saturated heterocycles. The average molecular weight is 396 g/mol. The fourth-order valence-electron chi connectivity index (χ4n) is 2.62. The minimum atomic E-state index is -1.25. The zero-order valence-electron chi connectivity index (χ0n) is 17.3. The molecule has 0 bridgehead atoms. The van der Waals surface area contributed by atoms with Crippen molar-refractivity contribution in [1.82, 2.24) is 0 Å². The van der Waals surface area contributed by atoms with Crippen LogP contribution in [0.2, 0.25) is 0 Å². The number of carbonyl (C=O) groups is 3. The summed E-state index contributed by atoms with van der Waals surface area (Å²) in [6, 6.07) is 0. The Morgan fingerprint density at radius 2 is 1.64 bits per heavy atom. The van der Waals surface area contributed by atoms with Gasteiger partial charge in [-0.1, -0.05) is 36.8 Å². The zero-order chi connectivity index (χ0) is 21.5. The molecule has 0 aliphatic carbocycles. The summed E-state index contributed by atoms with van der Waals surface area (Å²) in [4.78, 5) is 35.5. The molecule has 0 aromatic rings. The predicted molar refractivity (Wildman–Crippen MR) is 105 cm³/mol. The SMILES string of the molecule is COC(=O)C(CC(=O)/C=C(/C)CC[C@H](OC)[C@@H](C)/C=C/C=C/CO)C(=O)OC. The van der Waals surface area contributed by atoms with E-state index in [0.29, 0.717) is 12.8 Å². The number of allylic oxidation sites excluding steroid dienone is 4. The first kappa shape index (κ1) is 25.8. The zero-order valence-corrected chi connectivity index (χ0v) is 17.3. The number of ether oxygens (including phenoxy) is 3. The Labute approximate surface area is 167 Å². The molecule has 7 heteroatoms. The number of aliphatic hydroxyl groups is 1. The van der Waals surface area contributed by atoms with Crippen molar-refractivity contribution in [3.63, 3.8) is 0 Å². The Kier molecular flexibility index (Phi) is 13.6. The van der Waals surface area contributed by atoms with Gasteiger partial charge in [0.2, 0.25) is 0 Å². The number of aliphatic hydroxyl groups excluding tert-OH is 1. The van der Waals surface area contributed by atoms with Crippen LogP contribution < -0.4 is 0 Å². The summed E-state index contributed by atoms with van der Waals surface area (Å²) in [5.74, 6) is -3.02. The highest BCUT2D eigenvalue weighted by atomic mass is 16.5. The highest BCUT2D eigenvalue weighted by Crippen LogP contribution is 2.18. The van der Waals surface area contributed by atoms with E-state index in [4.69, 9.17) is 9.84 Å². The lowest BCUT2D eigenvalue weighted by atomic mass is 9.96. The molecule has 0 fully saturated rings. The number of ketones is 1. The standard InChI is InChI=1S/C21H32O7/c1-15(10-11-19(26-3)16(2)9-7-6-8-12-22)13-17(23)14-18(20(24)27-4)21(25)28-5/h6-9,13,16,18-19,22H,10-12,14H2,1-5H3/b8-6+,9-7+,15-13-/t16-,19-/m0/s1. The first-order chi connectivity index (χ1) is 13.3. The van der Waals surface area contributed by atoms with Crippen LogP contribution in [0.4, 0.5) is 0 Å². The van der Waals surface area contributed by atoms with Gasteiger partial charge in [-0.3, -0.25) is 14.4 Å². The van der Waals surface area contributed by atoms with Crippen LogP contribution in [0.5, 0.6) is 0 Å². The van der Waals surface area contributed by atoms with E-state index in [1.165, 1.54) is 6.08 Å².